The van der Waals surface area contributed by atoms with Gasteiger partial charge in [-0.1, -0.05) is 48.0 Å². The minimum absolute atomic E-state index is 0.0270. The van der Waals surface area contributed by atoms with Gasteiger partial charge >= 0.3 is 0 Å². The highest BCUT2D eigenvalue weighted by Gasteiger charge is 2.31. The van der Waals surface area contributed by atoms with E-state index >= 15 is 0 Å². The van der Waals surface area contributed by atoms with Crippen molar-refractivity contribution in [3.8, 4) is 5.75 Å². The molecular formula is C28H27ClN2O. The van der Waals surface area contributed by atoms with Gasteiger partial charge in [0.25, 0.3) is 0 Å². The first-order valence-corrected chi connectivity index (χ1v) is 11.2. The van der Waals surface area contributed by atoms with Crippen LogP contribution in [0.1, 0.15) is 34.0 Å². The summed E-state index contributed by atoms with van der Waals surface area (Å²) >= 11 is 6.55. The molecule has 3 nitrogen and oxygen atoms in total. The minimum atomic E-state index is -0.0270. The lowest BCUT2D eigenvalue weighted by Gasteiger charge is -2.23. The molecule has 0 spiro atoms. The number of aromatic nitrogens is 2. The van der Waals surface area contributed by atoms with Crippen LogP contribution in [0, 0.1) is 13.8 Å². The SMILES string of the molecule is COc1ccc(Cl)cc1C(c1c(C)n(C)c2ccccc12)c1c(C)n(C)c2ccccc12. The molecular weight excluding hydrogens is 416 g/mol. The van der Waals surface area contributed by atoms with Crippen molar-refractivity contribution in [1.82, 2.24) is 9.13 Å². The van der Waals surface area contributed by atoms with Crippen LogP contribution in [0.4, 0.5) is 0 Å². The van der Waals surface area contributed by atoms with Gasteiger partial charge in [0.2, 0.25) is 0 Å². The van der Waals surface area contributed by atoms with Gasteiger partial charge in [-0.15, -0.1) is 0 Å². The van der Waals surface area contributed by atoms with Crippen molar-refractivity contribution in [2.45, 2.75) is 19.8 Å². The fraction of sp³-hybridized carbons (Fsp3) is 0.214. The van der Waals surface area contributed by atoms with Crippen LogP contribution in [0.25, 0.3) is 21.8 Å². The molecule has 0 aliphatic rings. The second-order valence-electron chi connectivity index (χ2n) is 8.47. The number of benzene rings is 3. The molecule has 2 heterocycles. The molecule has 0 bridgehead atoms. The summed E-state index contributed by atoms with van der Waals surface area (Å²) in [7, 11) is 6.02. The molecule has 0 amide bonds. The van der Waals surface area contributed by atoms with Crippen molar-refractivity contribution < 1.29 is 4.74 Å². The Morgan fingerprint density at radius 1 is 0.750 bits per heavy atom. The number of fused-ring (bicyclic) bond motifs is 2. The largest absolute Gasteiger partial charge is 0.496 e. The van der Waals surface area contributed by atoms with Crippen LogP contribution in [-0.4, -0.2) is 16.2 Å². The topological polar surface area (TPSA) is 19.1 Å². The summed E-state index contributed by atoms with van der Waals surface area (Å²) in [4.78, 5) is 0. The van der Waals surface area contributed by atoms with E-state index in [0.29, 0.717) is 5.02 Å². The number of rotatable bonds is 4. The first kappa shape index (κ1) is 20.7. The fourth-order valence-corrected chi connectivity index (χ4v) is 5.40. The van der Waals surface area contributed by atoms with Crippen LogP contribution in [0.15, 0.2) is 66.7 Å². The highest BCUT2D eigenvalue weighted by atomic mass is 35.5. The first-order chi connectivity index (χ1) is 15.4. The normalized spacial score (nSPS) is 11.7. The van der Waals surface area contributed by atoms with Gasteiger partial charge in [-0.05, 0) is 55.3 Å². The van der Waals surface area contributed by atoms with Crippen LogP contribution in [0.5, 0.6) is 5.75 Å². The zero-order chi connectivity index (χ0) is 22.6. The Hall–Kier alpha value is -3.17. The molecule has 0 aliphatic heterocycles. The Morgan fingerprint density at radius 2 is 1.25 bits per heavy atom. The number of halogens is 1. The predicted octanol–water partition coefficient (Wildman–Crippen LogP) is 7.13. The first-order valence-electron chi connectivity index (χ1n) is 10.8. The Morgan fingerprint density at radius 3 is 1.75 bits per heavy atom. The zero-order valence-corrected chi connectivity index (χ0v) is 19.9. The molecule has 5 aromatic rings. The van der Waals surface area contributed by atoms with Crippen LogP contribution in [0.3, 0.4) is 0 Å². The maximum atomic E-state index is 6.55. The van der Waals surface area contributed by atoms with E-state index < -0.39 is 0 Å². The van der Waals surface area contributed by atoms with E-state index in [0.717, 1.165) is 11.3 Å². The van der Waals surface area contributed by atoms with E-state index in [4.69, 9.17) is 16.3 Å². The van der Waals surface area contributed by atoms with E-state index in [1.807, 2.05) is 12.1 Å². The fourth-order valence-electron chi connectivity index (χ4n) is 5.22. The number of hydrogen-bond acceptors (Lipinski definition) is 1. The lowest BCUT2D eigenvalue weighted by Crippen LogP contribution is -2.09. The van der Waals surface area contributed by atoms with Crippen molar-refractivity contribution in [2.75, 3.05) is 7.11 Å². The van der Waals surface area contributed by atoms with Crippen LogP contribution in [-0.2, 0) is 14.1 Å². The molecule has 0 radical (unpaired) electrons. The third kappa shape index (κ3) is 2.96. The monoisotopic (exact) mass is 442 g/mol. The van der Waals surface area contributed by atoms with E-state index in [1.54, 1.807) is 7.11 Å². The van der Waals surface area contributed by atoms with Gasteiger partial charge in [0, 0.05) is 63.8 Å². The van der Waals surface area contributed by atoms with Gasteiger partial charge in [-0.25, -0.2) is 0 Å². The standard InChI is InChI=1S/C28H27ClN2O/c1-17-26(20-10-6-8-12-23(20)30(17)3)28(22-16-19(29)14-15-25(22)32-5)27-18(2)31(4)24-13-9-7-11-21(24)27/h6-16,28H,1-5H3. The molecule has 5 rings (SSSR count). The number of para-hydroxylation sites is 2. The number of ether oxygens (including phenoxy) is 1. The predicted molar refractivity (Wildman–Crippen MR) is 134 cm³/mol. The van der Waals surface area contributed by atoms with Gasteiger partial charge in [0.05, 0.1) is 7.11 Å². The third-order valence-electron chi connectivity index (χ3n) is 6.98. The summed E-state index contributed by atoms with van der Waals surface area (Å²) in [6, 6.07) is 23.2. The molecule has 4 heteroatoms. The number of methoxy groups -OCH3 is 1. The number of nitrogens with zero attached hydrogens (tertiary/aromatic N) is 2. The summed E-state index contributed by atoms with van der Waals surface area (Å²) < 4.78 is 10.4. The molecule has 0 N–H and O–H groups in total. The molecule has 162 valence electrons. The lowest BCUT2D eigenvalue weighted by molar-refractivity contribution is 0.409. The molecule has 0 unspecified atom stereocenters. The highest BCUT2D eigenvalue weighted by molar-refractivity contribution is 6.30. The zero-order valence-electron chi connectivity index (χ0n) is 19.1. The van der Waals surface area contributed by atoms with Crippen molar-refractivity contribution in [2.24, 2.45) is 14.1 Å². The summed E-state index contributed by atoms with van der Waals surface area (Å²) in [6.45, 7) is 4.42. The van der Waals surface area contributed by atoms with E-state index in [1.165, 1.54) is 44.3 Å². The average molecular weight is 443 g/mol. The van der Waals surface area contributed by atoms with Crippen LogP contribution < -0.4 is 4.74 Å². The Balaban J connectivity index is 1.96. The Bertz CT molecular complexity index is 1390. The molecule has 2 aromatic heterocycles. The molecule has 32 heavy (non-hydrogen) atoms. The molecule has 0 atom stereocenters. The smallest absolute Gasteiger partial charge is 0.123 e. The van der Waals surface area contributed by atoms with E-state index in [2.05, 4.69) is 91.7 Å². The van der Waals surface area contributed by atoms with Gasteiger partial charge in [0.1, 0.15) is 5.75 Å². The lowest BCUT2D eigenvalue weighted by atomic mass is 9.81. The summed E-state index contributed by atoms with van der Waals surface area (Å²) in [5.74, 6) is 0.819. The molecule has 0 saturated carbocycles. The van der Waals surface area contributed by atoms with Crippen molar-refractivity contribution in [3.63, 3.8) is 0 Å². The second kappa shape index (κ2) is 7.75. The average Bonchev–Trinajstić information content (AvgIpc) is 3.21. The van der Waals surface area contributed by atoms with Gasteiger partial charge < -0.3 is 13.9 Å². The molecule has 0 saturated heterocycles. The van der Waals surface area contributed by atoms with Gasteiger partial charge in [0.15, 0.2) is 0 Å². The molecule has 0 fully saturated rings. The summed E-state index contributed by atoms with van der Waals surface area (Å²) in [5, 5.41) is 3.22. The Labute approximate surface area is 193 Å². The van der Waals surface area contributed by atoms with Crippen molar-refractivity contribution in [1.29, 1.82) is 0 Å². The van der Waals surface area contributed by atoms with Crippen molar-refractivity contribution >= 4 is 33.4 Å². The van der Waals surface area contributed by atoms with Gasteiger partial charge in [-0.3, -0.25) is 0 Å². The Kier molecular flexibility index (Phi) is 5.02. The number of aryl methyl sites for hydroxylation is 2. The van der Waals surface area contributed by atoms with Crippen LogP contribution >= 0.6 is 11.6 Å². The third-order valence-corrected chi connectivity index (χ3v) is 7.21. The van der Waals surface area contributed by atoms with E-state index in [9.17, 15) is 0 Å². The highest BCUT2D eigenvalue weighted by Crippen LogP contribution is 2.46. The number of hydrogen-bond donors (Lipinski definition) is 0. The van der Waals surface area contributed by atoms with Crippen molar-refractivity contribution in [3.05, 3.63) is 99.8 Å². The van der Waals surface area contributed by atoms with Crippen LogP contribution in [0.2, 0.25) is 5.02 Å². The maximum Gasteiger partial charge on any atom is 0.123 e. The maximum absolute atomic E-state index is 6.55. The van der Waals surface area contributed by atoms with Gasteiger partial charge in [-0.2, -0.15) is 0 Å². The van der Waals surface area contributed by atoms with E-state index in [-0.39, 0.29) is 5.92 Å². The quantitative estimate of drug-likeness (QED) is 0.289. The minimum Gasteiger partial charge on any atom is -0.496 e. The summed E-state index contributed by atoms with van der Waals surface area (Å²) in [5.41, 5.74) is 8.61. The second-order valence-corrected chi connectivity index (χ2v) is 8.91. The molecule has 3 aromatic carbocycles. The molecule has 0 aliphatic carbocycles. The summed E-state index contributed by atoms with van der Waals surface area (Å²) in [6.07, 6.45) is 0.